The zero-order valence-corrected chi connectivity index (χ0v) is 19.1. The first-order valence-corrected chi connectivity index (χ1v) is 11.5. The second-order valence-corrected chi connectivity index (χ2v) is 9.74. The summed E-state index contributed by atoms with van der Waals surface area (Å²) in [5.74, 6) is 0.260. The summed E-state index contributed by atoms with van der Waals surface area (Å²) in [4.78, 5) is 27.1. The third kappa shape index (κ3) is 8.05. The number of benzene rings is 1. The zero-order chi connectivity index (χ0) is 22.3. The van der Waals surface area contributed by atoms with Crippen molar-refractivity contribution in [2.24, 2.45) is 5.92 Å². The third-order valence-corrected chi connectivity index (χ3v) is 5.91. The summed E-state index contributed by atoms with van der Waals surface area (Å²) in [6, 6.07) is 9.79. The van der Waals surface area contributed by atoms with Gasteiger partial charge in [-0.05, 0) is 77.4 Å². The molecule has 2 aliphatic rings. The van der Waals surface area contributed by atoms with Crippen LogP contribution in [0, 0.1) is 5.92 Å². The molecule has 1 saturated heterocycles. The second kappa shape index (κ2) is 10.8. The van der Waals surface area contributed by atoms with Crippen LogP contribution in [0.25, 0.3) is 0 Å². The maximum Gasteiger partial charge on any atom is 0.407 e. The Kier molecular flexibility index (Phi) is 8.18. The molecule has 1 aromatic carbocycles. The van der Waals surface area contributed by atoms with Gasteiger partial charge in [-0.25, -0.2) is 9.59 Å². The normalized spacial score (nSPS) is 24.4. The number of rotatable bonds is 6. The van der Waals surface area contributed by atoms with Crippen LogP contribution in [-0.2, 0) is 16.1 Å². The standard InChI is InChI=1S/C24H37N3O4/c1-24(2,3)31-23(29)25-20-11-12-21(19(15-20)16-27-13-7-8-14-27)26-22(28)30-17-18-9-5-4-6-10-18/h4-6,9-10,19-21H,7-8,11-17H2,1-3H3,(H,25,29)(H,26,28)/t19-,20-,21+/m1/s1. The highest BCUT2D eigenvalue weighted by Crippen LogP contribution is 2.27. The van der Waals surface area contributed by atoms with Crippen LogP contribution in [0.15, 0.2) is 30.3 Å². The molecule has 3 atom stereocenters. The minimum Gasteiger partial charge on any atom is -0.445 e. The van der Waals surface area contributed by atoms with Gasteiger partial charge < -0.3 is 25.0 Å². The molecule has 2 fully saturated rings. The van der Waals surface area contributed by atoms with E-state index in [0.29, 0.717) is 0 Å². The van der Waals surface area contributed by atoms with Crippen LogP contribution in [0.4, 0.5) is 9.59 Å². The van der Waals surface area contributed by atoms with E-state index in [-0.39, 0.29) is 36.8 Å². The summed E-state index contributed by atoms with van der Waals surface area (Å²) in [7, 11) is 0. The highest BCUT2D eigenvalue weighted by molar-refractivity contribution is 5.68. The molecule has 1 aromatic rings. The van der Waals surface area contributed by atoms with Crippen molar-refractivity contribution < 1.29 is 19.1 Å². The Morgan fingerprint density at radius 3 is 2.42 bits per heavy atom. The van der Waals surface area contributed by atoms with Gasteiger partial charge in [-0.15, -0.1) is 0 Å². The molecule has 7 nitrogen and oxygen atoms in total. The lowest BCUT2D eigenvalue weighted by molar-refractivity contribution is 0.0467. The highest BCUT2D eigenvalue weighted by Gasteiger charge is 2.34. The second-order valence-electron chi connectivity index (χ2n) is 9.74. The summed E-state index contributed by atoms with van der Waals surface area (Å²) >= 11 is 0. The molecule has 0 bridgehead atoms. The number of alkyl carbamates (subject to hydrolysis) is 2. The van der Waals surface area contributed by atoms with Crippen molar-refractivity contribution in [1.82, 2.24) is 15.5 Å². The Bertz CT molecular complexity index is 713. The molecule has 0 unspecified atom stereocenters. The van der Waals surface area contributed by atoms with Crippen LogP contribution in [0.1, 0.15) is 58.4 Å². The van der Waals surface area contributed by atoms with Crippen LogP contribution < -0.4 is 10.6 Å². The maximum atomic E-state index is 12.4. The number of amides is 2. The van der Waals surface area contributed by atoms with Gasteiger partial charge in [-0.1, -0.05) is 30.3 Å². The van der Waals surface area contributed by atoms with Gasteiger partial charge in [0.25, 0.3) is 0 Å². The van der Waals surface area contributed by atoms with Crippen molar-refractivity contribution in [2.45, 2.75) is 77.2 Å². The predicted octanol–water partition coefficient (Wildman–Crippen LogP) is 4.07. The molecule has 1 saturated carbocycles. The largest absolute Gasteiger partial charge is 0.445 e. The molecular formula is C24H37N3O4. The Hall–Kier alpha value is -2.28. The van der Waals surface area contributed by atoms with Crippen molar-refractivity contribution in [3.8, 4) is 0 Å². The van der Waals surface area contributed by atoms with Crippen LogP contribution in [-0.4, -0.2) is 54.4 Å². The van der Waals surface area contributed by atoms with Gasteiger partial charge in [-0.2, -0.15) is 0 Å². The first-order chi connectivity index (χ1) is 14.8. The Labute approximate surface area is 185 Å². The predicted molar refractivity (Wildman–Crippen MR) is 120 cm³/mol. The fraction of sp³-hybridized carbons (Fsp3) is 0.667. The smallest absolute Gasteiger partial charge is 0.407 e. The average molecular weight is 432 g/mol. The monoisotopic (exact) mass is 431 g/mol. The molecule has 3 rings (SSSR count). The lowest BCUT2D eigenvalue weighted by atomic mass is 9.81. The van der Waals surface area contributed by atoms with Crippen LogP contribution in [0.3, 0.4) is 0 Å². The molecular weight excluding hydrogens is 394 g/mol. The van der Waals surface area contributed by atoms with Crippen molar-refractivity contribution in [3.63, 3.8) is 0 Å². The van der Waals surface area contributed by atoms with Crippen LogP contribution >= 0.6 is 0 Å². The van der Waals surface area contributed by atoms with E-state index < -0.39 is 5.60 Å². The van der Waals surface area contributed by atoms with Crippen molar-refractivity contribution >= 4 is 12.2 Å². The number of hydrogen-bond donors (Lipinski definition) is 2. The first-order valence-electron chi connectivity index (χ1n) is 11.5. The number of likely N-dealkylation sites (tertiary alicyclic amines) is 1. The molecule has 31 heavy (non-hydrogen) atoms. The summed E-state index contributed by atoms with van der Waals surface area (Å²) < 4.78 is 10.9. The number of nitrogens with zero attached hydrogens (tertiary/aromatic N) is 1. The van der Waals surface area contributed by atoms with Gasteiger partial charge in [0.05, 0.1) is 0 Å². The summed E-state index contributed by atoms with van der Waals surface area (Å²) in [5, 5.41) is 6.12. The quantitative estimate of drug-likeness (QED) is 0.710. The van der Waals surface area contributed by atoms with Gasteiger partial charge in [0, 0.05) is 18.6 Å². The summed E-state index contributed by atoms with van der Waals surface area (Å²) in [6.07, 6.45) is 4.13. The summed E-state index contributed by atoms with van der Waals surface area (Å²) in [5.41, 5.74) is 0.455. The molecule has 7 heteroatoms. The van der Waals surface area contributed by atoms with E-state index in [4.69, 9.17) is 9.47 Å². The van der Waals surface area contributed by atoms with E-state index >= 15 is 0 Å². The van der Waals surface area contributed by atoms with Crippen molar-refractivity contribution in [1.29, 1.82) is 0 Å². The first kappa shape index (κ1) is 23.4. The van der Waals surface area contributed by atoms with E-state index in [9.17, 15) is 9.59 Å². The van der Waals surface area contributed by atoms with Gasteiger partial charge in [0.2, 0.25) is 0 Å². The van der Waals surface area contributed by atoms with E-state index in [1.165, 1.54) is 12.8 Å². The minimum atomic E-state index is -0.514. The van der Waals surface area contributed by atoms with Crippen molar-refractivity contribution in [3.05, 3.63) is 35.9 Å². The van der Waals surface area contributed by atoms with E-state index in [1.807, 2.05) is 51.1 Å². The number of carbonyl (C=O) groups excluding carboxylic acids is 2. The number of hydrogen-bond acceptors (Lipinski definition) is 5. The van der Waals surface area contributed by atoms with Gasteiger partial charge in [-0.3, -0.25) is 0 Å². The molecule has 172 valence electrons. The third-order valence-electron chi connectivity index (χ3n) is 5.91. The van der Waals surface area contributed by atoms with Crippen LogP contribution in [0.2, 0.25) is 0 Å². The van der Waals surface area contributed by atoms with E-state index in [0.717, 1.165) is 44.5 Å². The number of carbonyl (C=O) groups is 2. The molecule has 1 aliphatic carbocycles. The lowest BCUT2D eigenvalue weighted by Gasteiger charge is -2.38. The van der Waals surface area contributed by atoms with Crippen molar-refractivity contribution in [2.75, 3.05) is 19.6 Å². The highest BCUT2D eigenvalue weighted by atomic mass is 16.6. The maximum absolute atomic E-state index is 12.4. The van der Waals surface area contributed by atoms with Gasteiger partial charge in [0.15, 0.2) is 0 Å². The van der Waals surface area contributed by atoms with E-state index in [2.05, 4.69) is 15.5 Å². The fourth-order valence-electron chi connectivity index (χ4n) is 4.47. The number of nitrogens with one attached hydrogen (secondary N) is 2. The topological polar surface area (TPSA) is 79.9 Å². The molecule has 2 amide bonds. The Balaban J connectivity index is 1.54. The molecule has 0 spiro atoms. The van der Waals surface area contributed by atoms with Gasteiger partial charge in [0.1, 0.15) is 12.2 Å². The zero-order valence-electron chi connectivity index (χ0n) is 19.1. The molecule has 1 heterocycles. The van der Waals surface area contributed by atoms with Crippen LogP contribution in [0.5, 0.6) is 0 Å². The number of ether oxygens (including phenoxy) is 2. The Morgan fingerprint density at radius 2 is 1.74 bits per heavy atom. The summed E-state index contributed by atoms with van der Waals surface area (Å²) in [6.45, 7) is 8.99. The Morgan fingerprint density at radius 1 is 1.03 bits per heavy atom. The fourth-order valence-corrected chi connectivity index (χ4v) is 4.47. The van der Waals surface area contributed by atoms with Gasteiger partial charge >= 0.3 is 12.2 Å². The molecule has 0 radical (unpaired) electrons. The lowest BCUT2D eigenvalue weighted by Crippen LogP contribution is -2.52. The molecule has 1 aliphatic heterocycles. The molecule has 0 aromatic heterocycles. The minimum absolute atomic E-state index is 0.0422. The van der Waals surface area contributed by atoms with E-state index in [1.54, 1.807) is 0 Å². The molecule has 2 N–H and O–H groups in total. The average Bonchev–Trinajstić information content (AvgIpc) is 3.21. The SMILES string of the molecule is CC(C)(C)OC(=O)N[C@@H]1CC[C@H](NC(=O)OCc2ccccc2)[C@@H](CN2CCCC2)C1.